The molecule has 2 aromatic carbocycles. The second-order valence-electron chi connectivity index (χ2n) is 5.80. The summed E-state index contributed by atoms with van der Waals surface area (Å²) < 4.78 is 0. The fourth-order valence-corrected chi connectivity index (χ4v) is 2.90. The predicted octanol–water partition coefficient (Wildman–Crippen LogP) is 2.70. The van der Waals surface area contributed by atoms with Crippen molar-refractivity contribution in [3.05, 3.63) is 65.2 Å². The lowest BCUT2D eigenvalue weighted by Gasteiger charge is -2.17. The number of para-hydroxylation sites is 1. The minimum absolute atomic E-state index is 0.0551. The number of rotatable bonds is 4. The first-order valence-corrected chi connectivity index (χ1v) is 7.88. The number of nitrogens with one attached hydrogen (secondary N) is 1. The molecule has 3 rings (SSSR count). The van der Waals surface area contributed by atoms with E-state index in [1.807, 2.05) is 48.2 Å². The molecule has 1 aliphatic rings. The molecule has 1 heterocycles. The van der Waals surface area contributed by atoms with Crippen LogP contribution >= 0.6 is 0 Å². The minimum Gasteiger partial charge on any atom is -0.352 e. The zero-order chi connectivity index (χ0) is 16.2. The van der Waals surface area contributed by atoms with E-state index in [0.29, 0.717) is 18.5 Å². The van der Waals surface area contributed by atoms with Crippen LogP contribution in [0.1, 0.15) is 27.9 Å². The SMILES string of the molecule is Cc1cccc(C(=O)NCCC(=O)N2CCc3ccccc32)c1. The molecule has 2 amide bonds. The first-order valence-electron chi connectivity index (χ1n) is 7.88. The molecule has 0 spiro atoms. The Bertz CT molecular complexity index is 740. The average Bonchev–Trinajstić information content (AvgIpc) is 2.98. The highest BCUT2D eigenvalue weighted by Gasteiger charge is 2.23. The van der Waals surface area contributed by atoms with Gasteiger partial charge < -0.3 is 10.2 Å². The van der Waals surface area contributed by atoms with Crippen molar-refractivity contribution in [2.75, 3.05) is 18.0 Å². The Labute approximate surface area is 136 Å². The molecule has 0 unspecified atom stereocenters. The largest absolute Gasteiger partial charge is 0.352 e. The van der Waals surface area contributed by atoms with Crippen molar-refractivity contribution < 1.29 is 9.59 Å². The van der Waals surface area contributed by atoms with Gasteiger partial charge in [-0.05, 0) is 37.1 Å². The monoisotopic (exact) mass is 308 g/mol. The smallest absolute Gasteiger partial charge is 0.251 e. The van der Waals surface area contributed by atoms with E-state index in [1.54, 1.807) is 6.07 Å². The summed E-state index contributed by atoms with van der Waals surface area (Å²) in [6.45, 7) is 3.03. The molecule has 1 aliphatic heterocycles. The molecule has 118 valence electrons. The summed E-state index contributed by atoms with van der Waals surface area (Å²) in [5.41, 5.74) is 3.89. The second-order valence-corrected chi connectivity index (χ2v) is 5.80. The van der Waals surface area contributed by atoms with E-state index < -0.39 is 0 Å². The number of carbonyl (C=O) groups excluding carboxylic acids is 2. The van der Waals surface area contributed by atoms with E-state index in [2.05, 4.69) is 11.4 Å². The molecule has 1 N–H and O–H groups in total. The number of hydrogen-bond donors (Lipinski definition) is 1. The number of nitrogens with zero attached hydrogens (tertiary/aromatic N) is 1. The van der Waals surface area contributed by atoms with Crippen molar-refractivity contribution in [1.82, 2.24) is 5.32 Å². The summed E-state index contributed by atoms with van der Waals surface area (Å²) in [7, 11) is 0. The van der Waals surface area contributed by atoms with E-state index in [0.717, 1.165) is 24.2 Å². The highest BCUT2D eigenvalue weighted by atomic mass is 16.2. The van der Waals surface area contributed by atoms with Gasteiger partial charge in [-0.2, -0.15) is 0 Å². The summed E-state index contributed by atoms with van der Waals surface area (Å²) in [4.78, 5) is 26.2. The van der Waals surface area contributed by atoms with Gasteiger partial charge in [0.25, 0.3) is 5.91 Å². The number of aryl methyl sites for hydroxylation is 1. The van der Waals surface area contributed by atoms with E-state index in [1.165, 1.54) is 5.56 Å². The molecular formula is C19H20N2O2. The van der Waals surface area contributed by atoms with Crippen molar-refractivity contribution in [1.29, 1.82) is 0 Å². The van der Waals surface area contributed by atoms with Gasteiger partial charge in [0.2, 0.25) is 5.91 Å². The fourth-order valence-electron chi connectivity index (χ4n) is 2.90. The molecule has 0 saturated carbocycles. The van der Waals surface area contributed by atoms with Crippen molar-refractivity contribution in [3.8, 4) is 0 Å². The zero-order valence-corrected chi connectivity index (χ0v) is 13.2. The van der Waals surface area contributed by atoms with Crippen LogP contribution in [0.2, 0.25) is 0 Å². The minimum atomic E-state index is -0.136. The number of fused-ring (bicyclic) bond motifs is 1. The number of carbonyl (C=O) groups is 2. The maximum atomic E-state index is 12.4. The molecule has 0 aromatic heterocycles. The number of anilines is 1. The van der Waals surface area contributed by atoms with Crippen LogP contribution in [0, 0.1) is 6.92 Å². The van der Waals surface area contributed by atoms with E-state index >= 15 is 0 Å². The Hall–Kier alpha value is -2.62. The topological polar surface area (TPSA) is 49.4 Å². The molecule has 0 radical (unpaired) electrons. The van der Waals surface area contributed by atoms with Gasteiger partial charge in [0.1, 0.15) is 0 Å². The molecule has 0 atom stereocenters. The molecule has 0 saturated heterocycles. The lowest BCUT2D eigenvalue weighted by Crippen LogP contribution is -2.33. The number of amides is 2. The maximum Gasteiger partial charge on any atom is 0.251 e. The first-order chi connectivity index (χ1) is 11.1. The molecule has 4 heteroatoms. The summed E-state index contributed by atoms with van der Waals surface area (Å²) >= 11 is 0. The van der Waals surface area contributed by atoms with Crippen LogP contribution in [0.15, 0.2) is 48.5 Å². The van der Waals surface area contributed by atoms with Crippen LogP contribution in [0.25, 0.3) is 0 Å². The van der Waals surface area contributed by atoms with Gasteiger partial charge in [0.15, 0.2) is 0 Å². The normalized spacial score (nSPS) is 12.8. The van der Waals surface area contributed by atoms with Crippen molar-refractivity contribution in [2.24, 2.45) is 0 Å². The standard InChI is InChI=1S/C19H20N2O2/c1-14-5-4-7-16(13-14)19(23)20-11-9-18(22)21-12-10-15-6-2-3-8-17(15)21/h2-8,13H,9-12H2,1H3,(H,20,23). The quantitative estimate of drug-likeness (QED) is 0.944. The average molecular weight is 308 g/mol. The molecule has 23 heavy (non-hydrogen) atoms. The van der Waals surface area contributed by atoms with Crippen LogP contribution in [0.4, 0.5) is 5.69 Å². The Morgan fingerprint density at radius 2 is 1.96 bits per heavy atom. The second kappa shape index (κ2) is 6.65. The Kier molecular flexibility index (Phi) is 4.42. The third kappa shape index (κ3) is 3.42. The van der Waals surface area contributed by atoms with Crippen LogP contribution in [0.5, 0.6) is 0 Å². The predicted molar refractivity (Wildman–Crippen MR) is 90.6 cm³/mol. The van der Waals surface area contributed by atoms with Crippen molar-refractivity contribution in [2.45, 2.75) is 19.8 Å². The summed E-state index contributed by atoms with van der Waals surface area (Å²) in [6.07, 6.45) is 1.21. The number of hydrogen-bond acceptors (Lipinski definition) is 2. The molecule has 2 aromatic rings. The lowest BCUT2D eigenvalue weighted by molar-refractivity contribution is -0.118. The first kappa shape index (κ1) is 15.3. The van der Waals surface area contributed by atoms with Gasteiger partial charge in [-0.1, -0.05) is 35.9 Å². The third-order valence-electron chi connectivity index (χ3n) is 4.09. The fraction of sp³-hybridized carbons (Fsp3) is 0.263. The molecule has 0 aliphatic carbocycles. The van der Waals surface area contributed by atoms with Gasteiger partial charge >= 0.3 is 0 Å². The third-order valence-corrected chi connectivity index (χ3v) is 4.09. The summed E-state index contributed by atoms with van der Waals surface area (Å²) in [5, 5.41) is 2.82. The van der Waals surface area contributed by atoms with Crippen LogP contribution in [-0.4, -0.2) is 24.9 Å². The van der Waals surface area contributed by atoms with Crippen LogP contribution in [-0.2, 0) is 11.2 Å². The zero-order valence-electron chi connectivity index (χ0n) is 13.2. The molecular weight excluding hydrogens is 288 g/mol. The van der Waals surface area contributed by atoms with Gasteiger partial charge in [-0.25, -0.2) is 0 Å². The van der Waals surface area contributed by atoms with Crippen LogP contribution in [0.3, 0.4) is 0 Å². The van der Waals surface area contributed by atoms with E-state index in [9.17, 15) is 9.59 Å². The summed E-state index contributed by atoms with van der Waals surface area (Å²) in [5.74, 6) is -0.0807. The summed E-state index contributed by atoms with van der Waals surface area (Å²) in [6, 6.07) is 15.4. The Morgan fingerprint density at radius 1 is 1.13 bits per heavy atom. The molecule has 0 fully saturated rings. The van der Waals surface area contributed by atoms with Crippen molar-refractivity contribution >= 4 is 17.5 Å². The van der Waals surface area contributed by atoms with Gasteiger partial charge in [0.05, 0.1) is 0 Å². The van der Waals surface area contributed by atoms with E-state index in [4.69, 9.17) is 0 Å². The lowest BCUT2D eigenvalue weighted by atomic mass is 10.1. The van der Waals surface area contributed by atoms with E-state index in [-0.39, 0.29) is 11.8 Å². The van der Waals surface area contributed by atoms with Gasteiger partial charge in [0, 0.05) is 30.8 Å². The maximum absolute atomic E-state index is 12.4. The Morgan fingerprint density at radius 3 is 2.78 bits per heavy atom. The molecule has 0 bridgehead atoms. The number of benzene rings is 2. The van der Waals surface area contributed by atoms with Crippen LogP contribution < -0.4 is 10.2 Å². The van der Waals surface area contributed by atoms with Gasteiger partial charge in [-0.15, -0.1) is 0 Å². The highest BCUT2D eigenvalue weighted by Crippen LogP contribution is 2.27. The van der Waals surface area contributed by atoms with Gasteiger partial charge in [-0.3, -0.25) is 9.59 Å². The highest BCUT2D eigenvalue weighted by molar-refractivity contribution is 5.97. The van der Waals surface area contributed by atoms with Crippen molar-refractivity contribution in [3.63, 3.8) is 0 Å². The Balaban J connectivity index is 1.53. The molecule has 4 nitrogen and oxygen atoms in total.